The van der Waals surface area contributed by atoms with Crippen LogP contribution in [-0.4, -0.2) is 50.0 Å². The predicted octanol–water partition coefficient (Wildman–Crippen LogP) is 2.51. The van der Waals surface area contributed by atoms with Crippen LogP contribution in [0.15, 0.2) is 48.5 Å². The molecule has 2 aromatic rings. The zero-order valence-electron chi connectivity index (χ0n) is 16.2. The maximum absolute atomic E-state index is 12.3. The van der Waals surface area contributed by atoms with Gasteiger partial charge in [-0.3, -0.25) is 9.59 Å². The number of ether oxygens (including phenoxy) is 2. The quantitative estimate of drug-likeness (QED) is 0.707. The third kappa shape index (κ3) is 5.84. The van der Waals surface area contributed by atoms with Crippen LogP contribution in [0, 0.1) is 0 Å². The summed E-state index contributed by atoms with van der Waals surface area (Å²) in [5, 5.41) is 2.72. The number of para-hydroxylation sites is 1. The molecule has 0 saturated carbocycles. The van der Waals surface area contributed by atoms with Crippen LogP contribution in [-0.2, 0) is 20.7 Å². The molecule has 7 heteroatoms. The number of methoxy groups -OCH3 is 2. The number of carbonyl (C=O) groups excluding carboxylic acids is 3. The Balaban J connectivity index is 1.95. The average Bonchev–Trinajstić information content (AvgIpc) is 2.71. The average molecular weight is 384 g/mol. The highest BCUT2D eigenvalue weighted by atomic mass is 16.5. The predicted molar refractivity (Wildman–Crippen MR) is 105 cm³/mol. The summed E-state index contributed by atoms with van der Waals surface area (Å²) >= 11 is 0. The standard InChI is InChI=1S/C21H24N2O5/c1-15(24)23(13-12-16-6-4-5-7-19(16)27-2)14-20(25)22-18-10-8-17(9-11-18)21(26)28-3/h4-11H,12-14H2,1-3H3,(H,22,25). The molecule has 0 aliphatic heterocycles. The van der Waals surface area contributed by atoms with Gasteiger partial charge in [0, 0.05) is 19.2 Å². The summed E-state index contributed by atoms with van der Waals surface area (Å²) in [7, 11) is 2.90. The number of hydrogen-bond donors (Lipinski definition) is 1. The molecule has 0 radical (unpaired) electrons. The van der Waals surface area contributed by atoms with Crippen molar-refractivity contribution in [2.24, 2.45) is 0 Å². The molecule has 0 saturated heterocycles. The maximum atomic E-state index is 12.3. The van der Waals surface area contributed by atoms with Crippen LogP contribution in [0.2, 0.25) is 0 Å². The maximum Gasteiger partial charge on any atom is 0.337 e. The Bertz CT molecular complexity index is 833. The SMILES string of the molecule is COC(=O)c1ccc(NC(=O)CN(CCc2ccccc2OC)C(C)=O)cc1. The van der Waals surface area contributed by atoms with E-state index in [0.717, 1.165) is 11.3 Å². The van der Waals surface area contributed by atoms with Crippen molar-refractivity contribution in [2.45, 2.75) is 13.3 Å². The molecule has 0 fully saturated rings. The van der Waals surface area contributed by atoms with E-state index in [-0.39, 0.29) is 18.4 Å². The Morgan fingerprint density at radius 1 is 1.00 bits per heavy atom. The normalized spacial score (nSPS) is 10.1. The van der Waals surface area contributed by atoms with Crippen molar-refractivity contribution in [1.29, 1.82) is 0 Å². The van der Waals surface area contributed by atoms with Gasteiger partial charge in [0.05, 0.1) is 26.3 Å². The van der Waals surface area contributed by atoms with Gasteiger partial charge in [0.1, 0.15) is 5.75 Å². The Morgan fingerprint density at radius 3 is 2.29 bits per heavy atom. The van der Waals surface area contributed by atoms with Gasteiger partial charge in [0.15, 0.2) is 0 Å². The summed E-state index contributed by atoms with van der Waals surface area (Å²) in [6.45, 7) is 1.76. The molecule has 0 aliphatic rings. The summed E-state index contributed by atoms with van der Waals surface area (Å²) in [6.07, 6.45) is 0.574. The number of carbonyl (C=O) groups is 3. The van der Waals surface area contributed by atoms with Crippen molar-refractivity contribution >= 4 is 23.5 Å². The van der Waals surface area contributed by atoms with Gasteiger partial charge in [-0.15, -0.1) is 0 Å². The molecule has 7 nitrogen and oxygen atoms in total. The van der Waals surface area contributed by atoms with Gasteiger partial charge >= 0.3 is 5.97 Å². The second-order valence-corrected chi connectivity index (χ2v) is 6.12. The highest BCUT2D eigenvalue weighted by molar-refractivity contribution is 5.95. The number of nitrogens with one attached hydrogen (secondary N) is 1. The Kier molecular flexibility index (Phi) is 7.56. The fourth-order valence-electron chi connectivity index (χ4n) is 2.69. The third-order valence-corrected chi connectivity index (χ3v) is 4.21. The minimum Gasteiger partial charge on any atom is -0.496 e. The van der Waals surface area contributed by atoms with Crippen LogP contribution in [0.4, 0.5) is 5.69 Å². The zero-order valence-corrected chi connectivity index (χ0v) is 16.2. The first-order chi connectivity index (χ1) is 13.4. The molecule has 2 aromatic carbocycles. The largest absolute Gasteiger partial charge is 0.496 e. The molecule has 2 amide bonds. The lowest BCUT2D eigenvalue weighted by molar-refractivity contribution is -0.132. The van der Waals surface area contributed by atoms with Gasteiger partial charge in [0.2, 0.25) is 11.8 Å². The number of nitrogens with zero attached hydrogens (tertiary/aromatic N) is 1. The van der Waals surface area contributed by atoms with Crippen molar-refractivity contribution < 1.29 is 23.9 Å². The molecule has 0 atom stereocenters. The van der Waals surface area contributed by atoms with E-state index in [0.29, 0.717) is 24.2 Å². The van der Waals surface area contributed by atoms with E-state index < -0.39 is 5.97 Å². The van der Waals surface area contributed by atoms with E-state index in [4.69, 9.17) is 4.74 Å². The molecular weight excluding hydrogens is 360 g/mol. The molecule has 2 rings (SSSR count). The van der Waals surface area contributed by atoms with Crippen LogP contribution in [0.25, 0.3) is 0 Å². The summed E-state index contributed by atoms with van der Waals surface area (Å²) < 4.78 is 9.95. The van der Waals surface area contributed by atoms with E-state index >= 15 is 0 Å². The molecule has 0 spiro atoms. The highest BCUT2D eigenvalue weighted by Gasteiger charge is 2.15. The number of amides is 2. The number of esters is 1. The van der Waals surface area contributed by atoms with Crippen molar-refractivity contribution in [3.05, 3.63) is 59.7 Å². The summed E-state index contributed by atoms with van der Waals surface area (Å²) in [5.74, 6) is -0.203. The van der Waals surface area contributed by atoms with Gasteiger partial charge in [-0.2, -0.15) is 0 Å². The van der Waals surface area contributed by atoms with Crippen LogP contribution in [0.1, 0.15) is 22.8 Å². The van der Waals surface area contributed by atoms with E-state index in [1.165, 1.54) is 18.9 Å². The van der Waals surface area contributed by atoms with Gasteiger partial charge in [-0.25, -0.2) is 4.79 Å². The Morgan fingerprint density at radius 2 is 1.68 bits per heavy atom. The monoisotopic (exact) mass is 384 g/mol. The molecule has 0 aliphatic carbocycles. The van der Waals surface area contributed by atoms with Crippen molar-refractivity contribution in [3.63, 3.8) is 0 Å². The zero-order chi connectivity index (χ0) is 20.5. The Labute approximate surface area is 164 Å². The summed E-state index contributed by atoms with van der Waals surface area (Å²) in [6, 6.07) is 13.9. The Hall–Kier alpha value is -3.35. The molecule has 28 heavy (non-hydrogen) atoms. The van der Waals surface area contributed by atoms with E-state index in [1.807, 2.05) is 24.3 Å². The number of anilines is 1. The second-order valence-electron chi connectivity index (χ2n) is 6.12. The fourth-order valence-corrected chi connectivity index (χ4v) is 2.69. The molecule has 1 N–H and O–H groups in total. The van der Waals surface area contributed by atoms with Crippen molar-refractivity contribution in [3.8, 4) is 5.75 Å². The highest BCUT2D eigenvalue weighted by Crippen LogP contribution is 2.18. The minimum atomic E-state index is -0.447. The van der Waals surface area contributed by atoms with Crippen molar-refractivity contribution in [1.82, 2.24) is 4.90 Å². The lowest BCUT2D eigenvalue weighted by Crippen LogP contribution is -2.38. The number of hydrogen-bond acceptors (Lipinski definition) is 5. The van der Waals surface area contributed by atoms with Crippen LogP contribution >= 0.6 is 0 Å². The third-order valence-electron chi connectivity index (χ3n) is 4.21. The second kappa shape index (κ2) is 10.1. The van der Waals surface area contributed by atoms with Gasteiger partial charge in [-0.05, 0) is 42.3 Å². The lowest BCUT2D eigenvalue weighted by atomic mass is 10.1. The first-order valence-electron chi connectivity index (χ1n) is 8.80. The van der Waals surface area contributed by atoms with E-state index in [2.05, 4.69) is 10.1 Å². The summed E-state index contributed by atoms with van der Waals surface area (Å²) in [4.78, 5) is 37.2. The molecule has 0 bridgehead atoms. The van der Waals surface area contributed by atoms with E-state index in [9.17, 15) is 14.4 Å². The van der Waals surface area contributed by atoms with E-state index in [1.54, 1.807) is 31.4 Å². The first kappa shape index (κ1) is 21.0. The number of benzene rings is 2. The topological polar surface area (TPSA) is 84.9 Å². The smallest absolute Gasteiger partial charge is 0.337 e. The molecule has 0 unspecified atom stereocenters. The first-order valence-corrected chi connectivity index (χ1v) is 8.80. The lowest BCUT2D eigenvalue weighted by Gasteiger charge is -2.21. The minimum absolute atomic E-state index is 0.0662. The van der Waals surface area contributed by atoms with Crippen molar-refractivity contribution in [2.75, 3.05) is 32.6 Å². The van der Waals surface area contributed by atoms with Crippen LogP contribution in [0.3, 0.4) is 0 Å². The molecule has 148 valence electrons. The van der Waals surface area contributed by atoms with Crippen LogP contribution < -0.4 is 10.1 Å². The summed E-state index contributed by atoms with van der Waals surface area (Å²) in [5.41, 5.74) is 1.89. The molecule has 0 heterocycles. The van der Waals surface area contributed by atoms with Crippen LogP contribution in [0.5, 0.6) is 5.75 Å². The number of rotatable bonds is 8. The van der Waals surface area contributed by atoms with Gasteiger partial charge < -0.3 is 19.7 Å². The molecule has 0 aromatic heterocycles. The fraction of sp³-hybridized carbons (Fsp3) is 0.286. The van der Waals surface area contributed by atoms with Gasteiger partial charge in [0.25, 0.3) is 0 Å². The van der Waals surface area contributed by atoms with Gasteiger partial charge in [-0.1, -0.05) is 18.2 Å². The molecular formula is C21H24N2O5.